The van der Waals surface area contributed by atoms with Gasteiger partial charge in [0.25, 0.3) is 0 Å². The largest absolute Gasteiger partial charge is 0.493 e. The number of anilines is 5. The maximum atomic E-state index is 14.5. The van der Waals surface area contributed by atoms with Gasteiger partial charge in [0.15, 0.2) is 23.1 Å². The van der Waals surface area contributed by atoms with Crippen molar-refractivity contribution in [2.45, 2.75) is 13.3 Å². The second-order valence-electron chi connectivity index (χ2n) is 7.02. The predicted octanol–water partition coefficient (Wildman–Crippen LogP) is 4.28. The molecule has 2 aromatic carbocycles. The average Bonchev–Trinajstić information content (AvgIpc) is 2.81. The molecular weight excluding hydrogens is 465 g/mol. The Labute approximate surface area is 197 Å². The molecule has 0 bridgehead atoms. The van der Waals surface area contributed by atoms with Gasteiger partial charge in [-0.3, -0.25) is 4.72 Å². The van der Waals surface area contributed by atoms with Gasteiger partial charge in [0.2, 0.25) is 21.7 Å². The van der Waals surface area contributed by atoms with Gasteiger partial charge in [-0.2, -0.15) is 4.98 Å². The van der Waals surface area contributed by atoms with Crippen LogP contribution in [-0.4, -0.2) is 45.5 Å². The van der Waals surface area contributed by atoms with Crippen molar-refractivity contribution in [3.8, 4) is 17.2 Å². The molecule has 0 spiro atoms. The predicted molar refractivity (Wildman–Crippen MR) is 129 cm³/mol. The van der Waals surface area contributed by atoms with Crippen LogP contribution in [0.3, 0.4) is 0 Å². The third-order valence-corrected chi connectivity index (χ3v) is 6.06. The lowest BCUT2D eigenvalue weighted by Crippen LogP contribution is -2.17. The molecule has 10 nitrogen and oxygen atoms in total. The van der Waals surface area contributed by atoms with Gasteiger partial charge >= 0.3 is 0 Å². The molecule has 3 N–H and O–H groups in total. The quantitative estimate of drug-likeness (QED) is 0.360. The van der Waals surface area contributed by atoms with Crippen molar-refractivity contribution in [1.29, 1.82) is 0 Å². The maximum Gasteiger partial charge on any atom is 0.232 e. The highest BCUT2D eigenvalue weighted by atomic mass is 32.2. The molecule has 0 aliphatic carbocycles. The van der Waals surface area contributed by atoms with Crippen molar-refractivity contribution < 1.29 is 27.0 Å². The van der Waals surface area contributed by atoms with Crippen molar-refractivity contribution in [2.75, 3.05) is 42.4 Å². The molecule has 0 saturated heterocycles. The Balaban J connectivity index is 1.89. The van der Waals surface area contributed by atoms with Gasteiger partial charge < -0.3 is 24.8 Å². The highest BCUT2D eigenvalue weighted by Crippen LogP contribution is 2.40. The van der Waals surface area contributed by atoms with Crippen molar-refractivity contribution in [1.82, 2.24) is 9.97 Å². The third-order valence-electron chi connectivity index (χ3n) is 4.58. The fourth-order valence-electron chi connectivity index (χ4n) is 3.09. The summed E-state index contributed by atoms with van der Waals surface area (Å²) in [6.45, 7) is 1.77. The molecule has 0 aliphatic heterocycles. The van der Waals surface area contributed by atoms with E-state index in [0.717, 1.165) is 6.20 Å². The summed E-state index contributed by atoms with van der Waals surface area (Å²) in [7, 11) is 0.934. The Morgan fingerprint density at radius 1 is 0.971 bits per heavy atom. The van der Waals surface area contributed by atoms with Gasteiger partial charge in [-0.05, 0) is 18.6 Å². The number of nitrogens with one attached hydrogen (secondary N) is 3. The number of hydrogen-bond donors (Lipinski definition) is 3. The summed E-state index contributed by atoms with van der Waals surface area (Å²) in [6, 6.07) is 9.84. The van der Waals surface area contributed by atoms with Gasteiger partial charge in [-0.1, -0.05) is 19.1 Å². The molecule has 3 rings (SSSR count). The molecule has 0 atom stereocenters. The smallest absolute Gasteiger partial charge is 0.232 e. The second-order valence-corrected chi connectivity index (χ2v) is 8.86. The molecule has 1 heterocycles. The molecule has 0 aliphatic rings. The van der Waals surface area contributed by atoms with Crippen molar-refractivity contribution in [3.63, 3.8) is 0 Å². The van der Waals surface area contributed by atoms with Crippen LogP contribution in [0.1, 0.15) is 13.3 Å². The van der Waals surface area contributed by atoms with Crippen molar-refractivity contribution >= 4 is 38.9 Å². The van der Waals surface area contributed by atoms with Gasteiger partial charge in [0.05, 0.1) is 44.7 Å². The summed E-state index contributed by atoms with van der Waals surface area (Å²) < 4.78 is 57.4. The maximum absolute atomic E-state index is 14.5. The molecule has 0 unspecified atom stereocenters. The average molecular weight is 492 g/mol. The number of nitrogens with zero attached hydrogens (tertiary/aromatic N) is 2. The molecule has 34 heavy (non-hydrogen) atoms. The SMILES string of the molecule is CCCS(=O)(=O)Nc1ccccc1Nc1nc(Nc2cc(OC)c(OC)c(OC)c2)ncc1F. The Morgan fingerprint density at radius 3 is 2.21 bits per heavy atom. The van der Waals surface area contributed by atoms with E-state index in [1.54, 1.807) is 43.3 Å². The van der Waals surface area contributed by atoms with E-state index in [1.807, 2.05) is 0 Å². The molecule has 0 radical (unpaired) electrons. The summed E-state index contributed by atoms with van der Waals surface area (Å²) in [4.78, 5) is 8.17. The van der Waals surface area contributed by atoms with E-state index in [4.69, 9.17) is 14.2 Å². The topological polar surface area (TPSA) is 124 Å². The minimum Gasteiger partial charge on any atom is -0.493 e. The first kappa shape index (κ1) is 24.8. The summed E-state index contributed by atoms with van der Waals surface area (Å²) in [5, 5.41) is 5.80. The number of aromatic nitrogens is 2. The highest BCUT2D eigenvalue weighted by Gasteiger charge is 2.16. The fraction of sp³-hybridized carbons (Fsp3) is 0.273. The lowest BCUT2D eigenvalue weighted by molar-refractivity contribution is 0.324. The molecular formula is C22H26FN5O5S. The number of ether oxygens (including phenoxy) is 3. The number of rotatable bonds is 11. The van der Waals surface area contributed by atoms with Gasteiger partial charge in [-0.25, -0.2) is 17.8 Å². The first-order valence-electron chi connectivity index (χ1n) is 10.3. The molecule has 0 fully saturated rings. The summed E-state index contributed by atoms with van der Waals surface area (Å²) in [6.07, 6.45) is 1.46. The molecule has 0 amide bonds. The van der Waals surface area contributed by atoms with Gasteiger partial charge in [-0.15, -0.1) is 0 Å². The number of benzene rings is 2. The molecule has 1 aromatic heterocycles. The minimum atomic E-state index is -3.54. The van der Waals surface area contributed by atoms with Crippen LogP contribution >= 0.6 is 0 Å². The zero-order valence-electron chi connectivity index (χ0n) is 19.2. The van der Waals surface area contributed by atoms with E-state index in [-0.39, 0.29) is 23.2 Å². The number of sulfonamides is 1. The lowest BCUT2D eigenvalue weighted by Gasteiger charge is -2.16. The van der Waals surface area contributed by atoms with Crippen LogP contribution in [0.5, 0.6) is 17.2 Å². The summed E-state index contributed by atoms with van der Waals surface area (Å²) in [5.41, 5.74) is 1.12. The van der Waals surface area contributed by atoms with E-state index in [1.165, 1.54) is 21.3 Å². The molecule has 0 saturated carbocycles. The number of methoxy groups -OCH3 is 3. The standard InChI is InChI=1S/C22H26FN5O5S/c1-5-10-34(29,30)28-17-9-7-6-8-16(17)26-21-15(23)13-24-22(27-21)25-14-11-18(31-2)20(33-4)19(12-14)32-3/h6-9,11-13,28H,5,10H2,1-4H3,(H2,24,25,26,27). The number of hydrogen-bond acceptors (Lipinski definition) is 9. The normalized spacial score (nSPS) is 11.0. The van der Waals surface area contributed by atoms with Crippen molar-refractivity contribution in [3.05, 3.63) is 48.4 Å². The van der Waals surface area contributed by atoms with Crippen LogP contribution in [0.4, 0.5) is 33.2 Å². The van der Waals surface area contributed by atoms with Crippen LogP contribution < -0.4 is 29.6 Å². The van der Waals surface area contributed by atoms with Crippen LogP contribution in [0, 0.1) is 5.82 Å². The van der Waals surface area contributed by atoms with Gasteiger partial charge in [0.1, 0.15) is 0 Å². The summed E-state index contributed by atoms with van der Waals surface area (Å²) in [5.74, 6) is 0.429. The second kappa shape index (κ2) is 10.9. The third kappa shape index (κ3) is 5.95. The van der Waals surface area contributed by atoms with Gasteiger partial charge in [0, 0.05) is 17.8 Å². The minimum absolute atomic E-state index is 0.0357. The van der Waals surface area contributed by atoms with Crippen LogP contribution in [0.15, 0.2) is 42.6 Å². The van der Waals surface area contributed by atoms with E-state index < -0.39 is 15.8 Å². The highest BCUT2D eigenvalue weighted by molar-refractivity contribution is 7.92. The zero-order valence-corrected chi connectivity index (χ0v) is 20.0. The van der Waals surface area contributed by atoms with Crippen LogP contribution in [-0.2, 0) is 10.0 Å². The van der Waals surface area contributed by atoms with Crippen molar-refractivity contribution in [2.24, 2.45) is 0 Å². The van der Waals surface area contributed by atoms with Crippen LogP contribution in [0.2, 0.25) is 0 Å². The summed E-state index contributed by atoms with van der Waals surface area (Å²) >= 11 is 0. The van der Waals surface area contributed by atoms with E-state index >= 15 is 0 Å². The fourth-order valence-corrected chi connectivity index (χ4v) is 4.25. The zero-order chi connectivity index (χ0) is 24.7. The number of halogens is 1. The number of para-hydroxylation sites is 2. The Bertz CT molecular complexity index is 1230. The molecule has 12 heteroatoms. The van der Waals surface area contributed by atoms with E-state index in [9.17, 15) is 12.8 Å². The molecule has 3 aromatic rings. The Kier molecular flexibility index (Phi) is 7.95. The molecule has 182 valence electrons. The lowest BCUT2D eigenvalue weighted by atomic mass is 10.2. The first-order valence-corrected chi connectivity index (χ1v) is 11.9. The monoisotopic (exact) mass is 491 g/mol. The van der Waals surface area contributed by atoms with E-state index in [0.29, 0.717) is 35.0 Å². The first-order chi connectivity index (χ1) is 16.3. The Morgan fingerprint density at radius 2 is 1.62 bits per heavy atom. The van der Waals surface area contributed by atoms with Crippen LogP contribution in [0.25, 0.3) is 0 Å². The van der Waals surface area contributed by atoms with E-state index in [2.05, 4.69) is 25.3 Å². The Hall–Kier alpha value is -3.80.